The van der Waals surface area contributed by atoms with E-state index >= 15 is 0 Å². The maximum Gasteiger partial charge on any atom is 0.266 e. The number of nitrogens with one attached hydrogen (secondary N) is 1. The van der Waals surface area contributed by atoms with Crippen molar-refractivity contribution in [3.63, 3.8) is 0 Å². The first-order valence-corrected chi connectivity index (χ1v) is 8.53. The smallest absolute Gasteiger partial charge is 0.266 e. The second-order valence-corrected chi connectivity index (χ2v) is 7.25. The molecule has 1 aliphatic rings. The maximum atomic E-state index is 13.2. The van der Waals surface area contributed by atoms with Gasteiger partial charge in [0.25, 0.3) is 10.0 Å². The van der Waals surface area contributed by atoms with Crippen LogP contribution in [0.2, 0.25) is 5.02 Å². The number of carbonyl (C=O) groups is 1. The number of nitrogens with zero attached hydrogens (tertiary/aromatic N) is 1. The number of amides is 1. The second-order valence-electron chi connectivity index (χ2n) is 5.06. The molecule has 0 radical (unpaired) electrons. The summed E-state index contributed by atoms with van der Waals surface area (Å²) in [7, 11) is -4.13. The molecule has 120 valence electrons. The Morgan fingerprint density at radius 3 is 2.61 bits per heavy atom. The van der Waals surface area contributed by atoms with Gasteiger partial charge in [-0.25, -0.2) is 12.8 Å². The fourth-order valence-electron chi connectivity index (χ4n) is 2.45. The number of rotatable bonds is 2. The highest BCUT2D eigenvalue weighted by Crippen LogP contribution is 2.37. The van der Waals surface area contributed by atoms with Crippen LogP contribution < -0.4 is 9.62 Å². The number of carbonyl (C=O) groups excluding carboxylic acids is 1. The van der Waals surface area contributed by atoms with Gasteiger partial charge in [0.05, 0.1) is 16.4 Å². The minimum absolute atomic E-state index is 0.235. The molecule has 5 nitrogen and oxygen atoms in total. The van der Waals surface area contributed by atoms with E-state index < -0.39 is 27.8 Å². The predicted octanol–water partition coefficient (Wildman–Crippen LogP) is 3.02. The van der Waals surface area contributed by atoms with Crippen LogP contribution in [0.15, 0.2) is 47.4 Å². The van der Waals surface area contributed by atoms with Gasteiger partial charge < -0.3 is 5.32 Å². The van der Waals surface area contributed by atoms with Crippen molar-refractivity contribution in [3.8, 4) is 0 Å². The molecule has 1 N–H and O–H groups in total. The van der Waals surface area contributed by atoms with Crippen LogP contribution in [-0.4, -0.2) is 20.4 Å². The van der Waals surface area contributed by atoms with E-state index in [4.69, 9.17) is 11.6 Å². The van der Waals surface area contributed by atoms with Gasteiger partial charge in [-0.3, -0.25) is 9.10 Å². The zero-order valence-electron chi connectivity index (χ0n) is 12.0. The highest BCUT2D eigenvalue weighted by atomic mass is 35.5. The Balaban J connectivity index is 2.21. The Morgan fingerprint density at radius 2 is 1.91 bits per heavy atom. The number of hydrogen-bond donors (Lipinski definition) is 1. The molecule has 0 aromatic heterocycles. The number of anilines is 2. The summed E-state index contributed by atoms with van der Waals surface area (Å²) in [5, 5.41) is 2.41. The van der Waals surface area contributed by atoms with Crippen LogP contribution in [-0.2, 0) is 14.8 Å². The summed E-state index contributed by atoms with van der Waals surface area (Å²) in [6.07, 6.45) is 0. The highest BCUT2D eigenvalue weighted by Gasteiger charge is 2.39. The van der Waals surface area contributed by atoms with Gasteiger partial charge in [-0.1, -0.05) is 23.7 Å². The monoisotopic (exact) mass is 354 g/mol. The van der Waals surface area contributed by atoms with Crippen molar-refractivity contribution in [2.45, 2.75) is 17.9 Å². The predicted molar refractivity (Wildman–Crippen MR) is 85.6 cm³/mol. The van der Waals surface area contributed by atoms with Gasteiger partial charge >= 0.3 is 0 Å². The van der Waals surface area contributed by atoms with Crippen LogP contribution >= 0.6 is 11.6 Å². The van der Waals surface area contributed by atoms with Crippen molar-refractivity contribution < 1.29 is 17.6 Å². The van der Waals surface area contributed by atoms with Gasteiger partial charge in [0, 0.05) is 0 Å². The van der Waals surface area contributed by atoms with Crippen molar-refractivity contribution in [2.24, 2.45) is 0 Å². The molecule has 0 saturated heterocycles. The molecule has 8 heteroatoms. The molecule has 23 heavy (non-hydrogen) atoms. The van der Waals surface area contributed by atoms with Crippen molar-refractivity contribution in [3.05, 3.63) is 53.3 Å². The van der Waals surface area contributed by atoms with Crippen molar-refractivity contribution in [1.82, 2.24) is 0 Å². The normalized spacial score (nSPS) is 17.6. The van der Waals surface area contributed by atoms with Crippen molar-refractivity contribution in [1.29, 1.82) is 0 Å². The average molecular weight is 355 g/mol. The number of halogens is 2. The first-order chi connectivity index (χ1) is 10.8. The van der Waals surface area contributed by atoms with E-state index in [2.05, 4.69) is 5.32 Å². The van der Waals surface area contributed by atoms with Gasteiger partial charge in [0.15, 0.2) is 0 Å². The second kappa shape index (κ2) is 5.50. The maximum absolute atomic E-state index is 13.2. The van der Waals surface area contributed by atoms with Crippen LogP contribution in [0.3, 0.4) is 0 Å². The molecule has 3 rings (SSSR count). The van der Waals surface area contributed by atoms with Gasteiger partial charge in [0.2, 0.25) is 5.91 Å². The lowest BCUT2D eigenvalue weighted by molar-refractivity contribution is -0.117. The van der Waals surface area contributed by atoms with E-state index in [0.717, 1.165) is 22.5 Å². The number of fused-ring (bicyclic) bond motifs is 1. The molecular formula is C15H12ClFN2O3S. The Labute approximate surface area is 137 Å². The van der Waals surface area contributed by atoms with E-state index in [1.165, 1.54) is 6.92 Å². The lowest BCUT2D eigenvalue weighted by atomic mass is 10.1. The third kappa shape index (κ3) is 2.55. The topological polar surface area (TPSA) is 66.5 Å². The number of hydrogen-bond acceptors (Lipinski definition) is 3. The summed E-state index contributed by atoms with van der Waals surface area (Å²) in [5.41, 5.74) is 0.720. The first kappa shape index (κ1) is 15.8. The quantitative estimate of drug-likeness (QED) is 0.901. The van der Waals surface area contributed by atoms with Crippen LogP contribution in [0.25, 0.3) is 0 Å². The fraction of sp³-hybridized carbons (Fsp3) is 0.133. The zero-order chi connectivity index (χ0) is 16.8. The molecular weight excluding hydrogens is 343 g/mol. The standard InChI is InChI=1S/C15H12ClFN2O3S/c1-9-15(20)18-12-4-2-3-5-13(12)19(9)23(21,22)14-7-6-10(17)8-11(14)16/h2-9H,1H3,(H,18,20). The Bertz CT molecular complexity index is 901. The molecule has 0 spiro atoms. The Kier molecular flexibility index (Phi) is 3.77. The summed E-state index contributed by atoms with van der Waals surface area (Å²) < 4.78 is 40.2. The average Bonchev–Trinajstić information content (AvgIpc) is 2.47. The van der Waals surface area contributed by atoms with Crippen LogP contribution in [0.5, 0.6) is 0 Å². The fourth-order valence-corrected chi connectivity index (χ4v) is 4.60. The molecule has 2 aromatic rings. The molecule has 1 aliphatic heterocycles. The zero-order valence-corrected chi connectivity index (χ0v) is 13.5. The molecule has 1 amide bonds. The van der Waals surface area contributed by atoms with E-state index in [0.29, 0.717) is 11.4 Å². The molecule has 1 heterocycles. The summed E-state index contributed by atoms with van der Waals surface area (Å²) in [6.45, 7) is 1.47. The lowest BCUT2D eigenvalue weighted by Crippen LogP contribution is -2.49. The van der Waals surface area contributed by atoms with E-state index in [9.17, 15) is 17.6 Å². The minimum Gasteiger partial charge on any atom is -0.322 e. The van der Waals surface area contributed by atoms with E-state index in [1.807, 2.05) is 0 Å². The third-order valence-corrected chi connectivity index (χ3v) is 5.93. The van der Waals surface area contributed by atoms with Gasteiger partial charge in [-0.15, -0.1) is 0 Å². The van der Waals surface area contributed by atoms with Gasteiger partial charge in [-0.05, 0) is 37.3 Å². The molecule has 0 saturated carbocycles. The first-order valence-electron chi connectivity index (χ1n) is 6.72. The van der Waals surface area contributed by atoms with E-state index in [1.54, 1.807) is 24.3 Å². The van der Waals surface area contributed by atoms with Crippen molar-refractivity contribution >= 4 is 38.9 Å². The van der Waals surface area contributed by atoms with Crippen LogP contribution in [0.4, 0.5) is 15.8 Å². The van der Waals surface area contributed by atoms with E-state index in [-0.39, 0.29) is 9.92 Å². The molecule has 1 atom stereocenters. The summed E-state index contributed by atoms with van der Waals surface area (Å²) >= 11 is 5.90. The molecule has 2 aromatic carbocycles. The highest BCUT2D eigenvalue weighted by molar-refractivity contribution is 7.93. The molecule has 0 fully saturated rings. The number of sulfonamides is 1. The molecule has 0 aliphatic carbocycles. The van der Waals surface area contributed by atoms with Crippen LogP contribution in [0.1, 0.15) is 6.92 Å². The van der Waals surface area contributed by atoms with Gasteiger partial charge in [0.1, 0.15) is 16.8 Å². The SMILES string of the molecule is CC1C(=O)Nc2ccccc2N1S(=O)(=O)c1ccc(F)cc1Cl. The van der Waals surface area contributed by atoms with Gasteiger partial charge in [-0.2, -0.15) is 0 Å². The Hall–Kier alpha value is -2.12. The summed E-state index contributed by atoms with van der Waals surface area (Å²) in [6, 6.07) is 8.61. The molecule has 0 bridgehead atoms. The number of benzene rings is 2. The van der Waals surface area contributed by atoms with Crippen LogP contribution in [0, 0.1) is 5.82 Å². The summed E-state index contributed by atoms with van der Waals surface area (Å²) in [5.74, 6) is -1.09. The minimum atomic E-state index is -4.13. The Morgan fingerprint density at radius 1 is 1.22 bits per heavy atom. The number of para-hydroxylation sites is 2. The largest absolute Gasteiger partial charge is 0.322 e. The third-order valence-electron chi connectivity index (χ3n) is 3.56. The molecule has 1 unspecified atom stereocenters. The van der Waals surface area contributed by atoms with Crippen molar-refractivity contribution in [2.75, 3.05) is 9.62 Å². The lowest BCUT2D eigenvalue weighted by Gasteiger charge is -2.35. The summed E-state index contributed by atoms with van der Waals surface area (Å²) in [4.78, 5) is 11.8.